The largest absolute Gasteiger partial charge is 0.493 e. The van der Waals surface area contributed by atoms with Crippen molar-refractivity contribution in [2.45, 2.75) is 13.8 Å². The predicted molar refractivity (Wildman–Crippen MR) is 79.0 cm³/mol. The van der Waals surface area contributed by atoms with E-state index in [1.165, 1.54) is 10.6 Å². The quantitative estimate of drug-likeness (QED) is 0.839. The molecule has 0 spiro atoms. The van der Waals surface area contributed by atoms with Crippen molar-refractivity contribution in [2.24, 2.45) is 5.92 Å². The van der Waals surface area contributed by atoms with Crippen molar-refractivity contribution >= 4 is 26.0 Å². The number of sulfonamides is 1. The normalized spacial score (nSPS) is 17.3. The molecule has 0 N–H and O–H groups in total. The van der Waals surface area contributed by atoms with Crippen LogP contribution in [0.25, 0.3) is 0 Å². The molecular formula is C13H18BrNO3S. The molecule has 1 aliphatic heterocycles. The molecule has 6 heteroatoms. The summed E-state index contributed by atoms with van der Waals surface area (Å²) in [7, 11) is -3.03. The van der Waals surface area contributed by atoms with Crippen LogP contribution in [0.3, 0.4) is 0 Å². The van der Waals surface area contributed by atoms with Crippen LogP contribution in [0.5, 0.6) is 5.75 Å². The predicted octanol–water partition coefficient (Wildman–Crippen LogP) is 2.34. The maximum absolute atomic E-state index is 11.2. The van der Waals surface area contributed by atoms with Crippen LogP contribution in [0.2, 0.25) is 0 Å². The maximum atomic E-state index is 11.2. The molecule has 0 unspecified atom stereocenters. The van der Waals surface area contributed by atoms with Gasteiger partial charge in [0.15, 0.2) is 0 Å². The molecule has 19 heavy (non-hydrogen) atoms. The number of ether oxygens (including phenoxy) is 1. The number of hydrogen-bond acceptors (Lipinski definition) is 3. The van der Waals surface area contributed by atoms with Crippen LogP contribution >= 0.6 is 15.9 Å². The molecule has 0 aromatic heterocycles. The fourth-order valence-corrected chi connectivity index (χ4v) is 3.29. The lowest BCUT2D eigenvalue weighted by molar-refractivity contribution is 0.130. The molecule has 1 heterocycles. The number of hydrogen-bond donors (Lipinski definition) is 0. The fraction of sp³-hybridized carbons (Fsp3) is 0.538. The molecule has 106 valence electrons. The Morgan fingerprint density at radius 2 is 1.84 bits per heavy atom. The molecule has 0 radical (unpaired) electrons. The van der Waals surface area contributed by atoms with E-state index in [1.807, 2.05) is 26.0 Å². The summed E-state index contributed by atoms with van der Waals surface area (Å²) in [6, 6.07) is 3.98. The summed E-state index contributed by atoms with van der Waals surface area (Å²) in [6.07, 6.45) is 1.24. The topological polar surface area (TPSA) is 46.6 Å². The molecule has 4 nitrogen and oxygen atoms in total. The van der Waals surface area contributed by atoms with Crippen LogP contribution < -0.4 is 4.74 Å². The number of nitrogens with zero attached hydrogens (tertiary/aromatic N) is 1. The van der Waals surface area contributed by atoms with Crippen molar-refractivity contribution in [1.29, 1.82) is 0 Å². The highest BCUT2D eigenvalue weighted by Gasteiger charge is 2.33. The average molecular weight is 348 g/mol. The second-order valence-electron chi connectivity index (χ2n) is 5.13. The van der Waals surface area contributed by atoms with Crippen LogP contribution in [0.1, 0.15) is 11.1 Å². The van der Waals surface area contributed by atoms with E-state index in [0.717, 1.165) is 21.3 Å². The highest BCUT2D eigenvalue weighted by atomic mass is 79.9. The Labute approximate surface area is 122 Å². The lowest BCUT2D eigenvalue weighted by Gasteiger charge is -2.36. The van der Waals surface area contributed by atoms with Gasteiger partial charge in [-0.1, -0.05) is 15.9 Å². The molecule has 0 saturated carbocycles. The molecule has 1 fully saturated rings. The zero-order chi connectivity index (χ0) is 14.2. The number of aryl methyl sites for hydroxylation is 2. The van der Waals surface area contributed by atoms with Gasteiger partial charge in [0.05, 0.1) is 12.9 Å². The van der Waals surface area contributed by atoms with Crippen molar-refractivity contribution in [2.75, 3.05) is 26.0 Å². The molecule has 1 saturated heterocycles. The van der Waals surface area contributed by atoms with Gasteiger partial charge in [-0.05, 0) is 37.1 Å². The molecular weight excluding hydrogens is 330 g/mol. The maximum Gasteiger partial charge on any atom is 0.211 e. The third-order valence-electron chi connectivity index (χ3n) is 3.29. The zero-order valence-corrected chi connectivity index (χ0v) is 13.7. The average Bonchev–Trinajstić information content (AvgIpc) is 2.21. The van der Waals surface area contributed by atoms with E-state index in [-0.39, 0.29) is 0 Å². The van der Waals surface area contributed by atoms with Gasteiger partial charge in [0.1, 0.15) is 5.75 Å². The van der Waals surface area contributed by atoms with Gasteiger partial charge in [-0.2, -0.15) is 0 Å². The third kappa shape index (κ3) is 3.49. The fourth-order valence-electron chi connectivity index (χ4n) is 2.10. The van der Waals surface area contributed by atoms with Crippen LogP contribution in [0.4, 0.5) is 0 Å². The van der Waals surface area contributed by atoms with Gasteiger partial charge in [0, 0.05) is 23.5 Å². The Hall–Kier alpha value is -0.590. The van der Waals surface area contributed by atoms with E-state index in [0.29, 0.717) is 25.6 Å². The summed E-state index contributed by atoms with van der Waals surface area (Å²) >= 11 is 3.52. The van der Waals surface area contributed by atoms with Crippen LogP contribution in [-0.4, -0.2) is 38.7 Å². The second kappa shape index (κ2) is 5.42. The van der Waals surface area contributed by atoms with Crippen molar-refractivity contribution < 1.29 is 13.2 Å². The Morgan fingerprint density at radius 1 is 1.32 bits per heavy atom. The van der Waals surface area contributed by atoms with Gasteiger partial charge < -0.3 is 4.74 Å². The molecule has 2 rings (SSSR count). The first kappa shape index (κ1) is 14.8. The van der Waals surface area contributed by atoms with E-state index in [1.54, 1.807) is 0 Å². The van der Waals surface area contributed by atoms with E-state index >= 15 is 0 Å². The van der Waals surface area contributed by atoms with Gasteiger partial charge in [-0.15, -0.1) is 0 Å². The molecule has 1 aromatic rings. The smallest absolute Gasteiger partial charge is 0.211 e. The zero-order valence-electron chi connectivity index (χ0n) is 11.3. The minimum absolute atomic E-state index is 0.291. The van der Waals surface area contributed by atoms with Gasteiger partial charge in [0.25, 0.3) is 0 Å². The minimum atomic E-state index is -3.03. The highest BCUT2D eigenvalue weighted by molar-refractivity contribution is 9.10. The SMILES string of the molecule is Cc1cc(OCC2CN(S(C)(=O)=O)C2)cc(C)c1Br. The lowest BCUT2D eigenvalue weighted by Crippen LogP contribution is -2.51. The monoisotopic (exact) mass is 347 g/mol. The second-order valence-corrected chi connectivity index (χ2v) is 7.90. The first-order chi connectivity index (χ1) is 8.77. The lowest BCUT2D eigenvalue weighted by atomic mass is 10.1. The molecule has 1 aromatic carbocycles. The first-order valence-electron chi connectivity index (χ1n) is 6.12. The highest BCUT2D eigenvalue weighted by Crippen LogP contribution is 2.27. The summed E-state index contributed by atoms with van der Waals surface area (Å²) in [6.45, 7) is 5.74. The Morgan fingerprint density at radius 3 is 2.32 bits per heavy atom. The van der Waals surface area contributed by atoms with Gasteiger partial charge in [0.2, 0.25) is 10.0 Å². The third-order valence-corrected chi connectivity index (χ3v) is 5.78. The summed E-state index contributed by atoms with van der Waals surface area (Å²) in [5.74, 6) is 1.13. The van der Waals surface area contributed by atoms with Crippen LogP contribution in [0.15, 0.2) is 16.6 Å². The number of benzene rings is 1. The standard InChI is InChI=1S/C13H18BrNO3S/c1-9-4-12(5-10(2)13(9)14)18-8-11-6-15(7-11)19(3,16)17/h4-5,11H,6-8H2,1-3H3. The Balaban J connectivity index is 1.88. The van der Waals surface area contributed by atoms with Crippen LogP contribution in [0, 0.1) is 19.8 Å². The molecule has 0 aliphatic carbocycles. The summed E-state index contributed by atoms with van der Waals surface area (Å²) in [5, 5.41) is 0. The van der Waals surface area contributed by atoms with Crippen LogP contribution in [-0.2, 0) is 10.0 Å². The van der Waals surface area contributed by atoms with Gasteiger partial charge in [-0.25, -0.2) is 12.7 Å². The van der Waals surface area contributed by atoms with E-state index in [9.17, 15) is 8.42 Å². The van der Waals surface area contributed by atoms with E-state index in [4.69, 9.17) is 4.74 Å². The summed E-state index contributed by atoms with van der Waals surface area (Å²) in [5.41, 5.74) is 2.28. The number of rotatable bonds is 4. The van der Waals surface area contributed by atoms with Crippen molar-refractivity contribution in [3.8, 4) is 5.75 Å². The van der Waals surface area contributed by atoms with E-state index in [2.05, 4.69) is 15.9 Å². The summed E-state index contributed by atoms with van der Waals surface area (Å²) < 4.78 is 30.8. The Kier molecular flexibility index (Phi) is 4.23. The van der Waals surface area contributed by atoms with Crippen molar-refractivity contribution in [1.82, 2.24) is 4.31 Å². The molecule has 1 aliphatic rings. The van der Waals surface area contributed by atoms with Crippen molar-refractivity contribution in [3.63, 3.8) is 0 Å². The van der Waals surface area contributed by atoms with E-state index < -0.39 is 10.0 Å². The molecule has 0 atom stereocenters. The molecule has 0 amide bonds. The Bertz CT molecular complexity index is 557. The van der Waals surface area contributed by atoms with Gasteiger partial charge >= 0.3 is 0 Å². The van der Waals surface area contributed by atoms with Gasteiger partial charge in [-0.3, -0.25) is 0 Å². The molecule has 0 bridgehead atoms. The minimum Gasteiger partial charge on any atom is -0.493 e. The first-order valence-corrected chi connectivity index (χ1v) is 8.76. The summed E-state index contributed by atoms with van der Waals surface area (Å²) in [4.78, 5) is 0. The van der Waals surface area contributed by atoms with Crippen molar-refractivity contribution in [3.05, 3.63) is 27.7 Å². The number of halogens is 1.